The first-order valence-corrected chi connectivity index (χ1v) is 13.3. The monoisotopic (exact) mass is 614 g/mol. The maximum absolute atomic E-state index is 13.5. The molecule has 2 atom stereocenters. The van der Waals surface area contributed by atoms with Crippen LogP contribution in [0.1, 0.15) is 11.1 Å². The van der Waals surface area contributed by atoms with Gasteiger partial charge in [0.15, 0.2) is 6.10 Å². The Hall–Kier alpha value is -4.68. The number of aliphatic hydroxyl groups is 1. The minimum atomic E-state index is -5.02. The first kappa shape index (κ1) is 31.3. The van der Waals surface area contributed by atoms with Crippen molar-refractivity contribution in [1.29, 1.82) is 0 Å². The van der Waals surface area contributed by atoms with Crippen molar-refractivity contribution >= 4 is 29.3 Å². The molecule has 0 radical (unpaired) electrons. The van der Waals surface area contributed by atoms with Gasteiger partial charge in [0.25, 0.3) is 5.56 Å². The van der Waals surface area contributed by atoms with Crippen LogP contribution in [0.4, 0.5) is 23.7 Å². The zero-order valence-electron chi connectivity index (χ0n) is 22.4. The van der Waals surface area contributed by atoms with E-state index in [0.29, 0.717) is 21.7 Å². The Morgan fingerprint density at radius 1 is 0.953 bits per heavy atom. The van der Waals surface area contributed by atoms with Crippen molar-refractivity contribution in [1.82, 2.24) is 14.9 Å². The summed E-state index contributed by atoms with van der Waals surface area (Å²) in [6.07, 6.45) is -8.12. The molecule has 2 amide bonds. The topological polar surface area (TPSA) is 123 Å². The number of hydrogen-bond acceptors (Lipinski definition) is 6. The summed E-state index contributed by atoms with van der Waals surface area (Å²) in [5.41, 5.74) is 0.303. The maximum atomic E-state index is 13.5. The fourth-order valence-corrected chi connectivity index (χ4v) is 4.28. The molecule has 0 aliphatic heterocycles. The van der Waals surface area contributed by atoms with Crippen molar-refractivity contribution in [2.24, 2.45) is 0 Å². The van der Waals surface area contributed by atoms with E-state index in [1.807, 2.05) is 0 Å². The van der Waals surface area contributed by atoms with Gasteiger partial charge in [-0.2, -0.15) is 13.2 Å². The number of aliphatic hydroxyl groups excluding tert-OH is 1. The first-order valence-electron chi connectivity index (χ1n) is 12.9. The molecule has 3 N–H and O–H groups in total. The Bertz CT molecular complexity index is 1600. The van der Waals surface area contributed by atoms with Gasteiger partial charge in [-0.25, -0.2) is 9.78 Å². The summed E-state index contributed by atoms with van der Waals surface area (Å²) in [6.45, 7) is -0.863. The van der Waals surface area contributed by atoms with Crippen molar-refractivity contribution in [3.63, 3.8) is 0 Å². The van der Waals surface area contributed by atoms with E-state index in [2.05, 4.69) is 15.6 Å². The zero-order chi connectivity index (χ0) is 31.0. The highest BCUT2D eigenvalue weighted by atomic mass is 35.5. The second-order valence-corrected chi connectivity index (χ2v) is 9.87. The largest absolute Gasteiger partial charge is 0.444 e. The fraction of sp³-hybridized carbons (Fsp3) is 0.200. The lowest BCUT2D eigenvalue weighted by atomic mass is 10.0. The molecule has 43 heavy (non-hydrogen) atoms. The number of nitrogens with zero attached hydrogens (tertiary/aromatic N) is 2. The molecule has 0 saturated heterocycles. The molecule has 0 aliphatic carbocycles. The molecule has 0 spiro atoms. The van der Waals surface area contributed by atoms with E-state index in [4.69, 9.17) is 16.3 Å². The van der Waals surface area contributed by atoms with Crippen LogP contribution in [0.5, 0.6) is 0 Å². The van der Waals surface area contributed by atoms with Crippen LogP contribution in [0.15, 0.2) is 95.9 Å². The molecule has 0 bridgehead atoms. The molecule has 0 fully saturated rings. The number of carbonyl (C=O) groups excluding carboxylic acids is 2. The first-order chi connectivity index (χ1) is 20.5. The van der Waals surface area contributed by atoms with Crippen LogP contribution < -0.4 is 16.2 Å². The van der Waals surface area contributed by atoms with E-state index in [1.54, 1.807) is 60.7 Å². The standard InChI is InChI=1S/C30H26ClF3N4O5/c31-22-13-11-21(12-14-22)27-35-16-24(37-29(42)43-18-20-9-5-2-6-10-20)28(41)38(27)17-25(39)36-23(26(40)30(32,33)34)15-19-7-3-1-4-8-19/h1-14,16,23,26,40H,15,17-18H2,(H,36,39)(H,37,42). The van der Waals surface area contributed by atoms with E-state index < -0.39 is 42.4 Å². The number of alkyl halides is 3. The minimum Gasteiger partial charge on any atom is -0.444 e. The number of hydrogen-bond donors (Lipinski definition) is 3. The van der Waals surface area contributed by atoms with Gasteiger partial charge in [0.2, 0.25) is 5.91 Å². The highest BCUT2D eigenvalue weighted by Crippen LogP contribution is 2.25. The van der Waals surface area contributed by atoms with E-state index in [0.717, 1.165) is 10.8 Å². The summed E-state index contributed by atoms with van der Waals surface area (Å²) < 4.78 is 46.5. The van der Waals surface area contributed by atoms with E-state index in [1.165, 1.54) is 24.3 Å². The number of rotatable bonds is 10. The fourth-order valence-electron chi connectivity index (χ4n) is 4.16. The smallest absolute Gasteiger partial charge is 0.416 e. The third kappa shape index (κ3) is 8.66. The van der Waals surface area contributed by atoms with Crippen LogP contribution in [0.3, 0.4) is 0 Å². The predicted octanol–water partition coefficient (Wildman–Crippen LogP) is 4.96. The van der Waals surface area contributed by atoms with Gasteiger partial charge in [0.1, 0.15) is 24.7 Å². The molecule has 3 aromatic carbocycles. The van der Waals surface area contributed by atoms with Crippen molar-refractivity contribution < 1.29 is 32.6 Å². The number of halogens is 4. The number of carbonyl (C=O) groups is 2. The van der Waals surface area contributed by atoms with Gasteiger partial charge in [0.05, 0.1) is 12.2 Å². The quantitative estimate of drug-likeness (QED) is 0.232. The Kier molecular flexibility index (Phi) is 10.2. The number of aromatic nitrogens is 2. The van der Waals surface area contributed by atoms with E-state index in [9.17, 15) is 32.7 Å². The molecular formula is C30H26ClF3N4O5. The minimum absolute atomic E-state index is 0.0176. The number of anilines is 1. The zero-order valence-corrected chi connectivity index (χ0v) is 23.2. The number of nitrogens with one attached hydrogen (secondary N) is 2. The third-order valence-electron chi connectivity index (χ3n) is 6.26. The summed E-state index contributed by atoms with van der Waals surface area (Å²) in [4.78, 5) is 43.2. The van der Waals surface area contributed by atoms with Gasteiger partial charge in [-0.15, -0.1) is 0 Å². The summed E-state index contributed by atoms with van der Waals surface area (Å²) in [6, 6.07) is 21.2. The average molecular weight is 615 g/mol. The van der Waals surface area contributed by atoms with Crippen LogP contribution in [0, 0.1) is 0 Å². The maximum Gasteiger partial charge on any atom is 0.416 e. The van der Waals surface area contributed by atoms with Gasteiger partial charge in [-0.3, -0.25) is 19.5 Å². The molecule has 2 unspecified atom stereocenters. The number of benzene rings is 3. The van der Waals surface area contributed by atoms with Crippen LogP contribution in [-0.2, 0) is 29.1 Å². The van der Waals surface area contributed by atoms with Crippen LogP contribution in [0.25, 0.3) is 11.4 Å². The average Bonchev–Trinajstić information content (AvgIpc) is 2.98. The summed E-state index contributed by atoms with van der Waals surface area (Å²) in [5.74, 6) is -1.02. The van der Waals surface area contributed by atoms with Crippen molar-refractivity contribution in [2.75, 3.05) is 5.32 Å². The summed E-state index contributed by atoms with van der Waals surface area (Å²) >= 11 is 5.97. The van der Waals surface area contributed by atoms with Crippen LogP contribution >= 0.6 is 11.6 Å². The van der Waals surface area contributed by atoms with Crippen molar-refractivity contribution in [2.45, 2.75) is 37.9 Å². The molecule has 0 aliphatic rings. The third-order valence-corrected chi connectivity index (χ3v) is 6.51. The normalized spacial score (nSPS) is 12.7. The SMILES string of the molecule is O=C(Cn1c(-c2ccc(Cl)cc2)ncc(NC(=O)OCc2ccccc2)c1=O)NC(Cc1ccccc1)C(O)C(F)(F)F. The lowest BCUT2D eigenvalue weighted by molar-refractivity contribution is -0.212. The molecular weight excluding hydrogens is 589 g/mol. The van der Waals surface area contributed by atoms with Gasteiger partial charge in [-0.05, 0) is 41.8 Å². The Morgan fingerprint density at radius 3 is 2.16 bits per heavy atom. The molecule has 13 heteroatoms. The second kappa shape index (κ2) is 14.0. The lowest BCUT2D eigenvalue weighted by Crippen LogP contribution is -2.52. The molecule has 1 heterocycles. The van der Waals surface area contributed by atoms with Gasteiger partial charge >= 0.3 is 12.3 Å². The Balaban J connectivity index is 1.60. The number of ether oxygens (including phenoxy) is 1. The predicted molar refractivity (Wildman–Crippen MR) is 153 cm³/mol. The second-order valence-electron chi connectivity index (χ2n) is 9.43. The van der Waals surface area contributed by atoms with Gasteiger partial charge in [-0.1, -0.05) is 72.3 Å². The van der Waals surface area contributed by atoms with Crippen LogP contribution in [0.2, 0.25) is 5.02 Å². The molecule has 9 nitrogen and oxygen atoms in total. The van der Waals surface area contributed by atoms with Crippen LogP contribution in [-0.4, -0.2) is 45.0 Å². The summed E-state index contributed by atoms with van der Waals surface area (Å²) in [7, 11) is 0. The lowest BCUT2D eigenvalue weighted by Gasteiger charge is -2.26. The molecule has 1 aromatic heterocycles. The molecule has 224 valence electrons. The van der Waals surface area contributed by atoms with E-state index in [-0.39, 0.29) is 24.5 Å². The number of amides is 2. The molecule has 0 saturated carbocycles. The molecule has 4 rings (SSSR count). The van der Waals surface area contributed by atoms with Crippen molar-refractivity contribution in [3.05, 3.63) is 118 Å². The highest BCUT2D eigenvalue weighted by molar-refractivity contribution is 6.30. The van der Waals surface area contributed by atoms with Crippen molar-refractivity contribution in [3.8, 4) is 11.4 Å². The van der Waals surface area contributed by atoms with E-state index >= 15 is 0 Å². The highest BCUT2D eigenvalue weighted by Gasteiger charge is 2.44. The van der Waals surface area contributed by atoms with Gasteiger partial charge < -0.3 is 15.2 Å². The van der Waals surface area contributed by atoms with Gasteiger partial charge in [0, 0.05) is 10.6 Å². The Labute approximate surface area is 248 Å². The molecule has 4 aromatic rings. The summed E-state index contributed by atoms with van der Waals surface area (Å²) in [5, 5.41) is 14.9. The Morgan fingerprint density at radius 2 is 1.56 bits per heavy atom.